The number of amides is 1. The van der Waals surface area contributed by atoms with Crippen molar-refractivity contribution in [2.75, 3.05) is 26.0 Å². The third-order valence-corrected chi connectivity index (χ3v) is 4.93. The standard InChI is InChI=1S/C17H26N2O3S.ClH/c1-12(19-17(20)16-8-5-14(11-18)22-16)13-3-6-15(7-4-13)23-10-9-21-2;/h3-4,6-7,12,14,16H,5,8-11,18H2,1-2H3,(H,19,20);1H/t12?,14-,16+;/m1./s1. The summed E-state index contributed by atoms with van der Waals surface area (Å²) in [5, 5.41) is 3.02. The second kappa shape index (κ2) is 10.9. The van der Waals surface area contributed by atoms with Gasteiger partial charge in [-0.25, -0.2) is 0 Å². The Balaban J connectivity index is 0.00000288. The van der Waals surface area contributed by atoms with E-state index >= 15 is 0 Å². The topological polar surface area (TPSA) is 73.6 Å². The number of ether oxygens (including phenoxy) is 2. The summed E-state index contributed by atoms with van der Waals surface area (Å²) in [4.78, 5) is 13.4. The van der Waals surface area contributed by atoms with Gasteiger partial charge in [-0.1, -0.05) is 12.1 Å². The summed E-state index contributed by atoms with van der Waals surface area (Å²) in [5.41, 5.74) is 6.67. The minimum Gasteiger partial charge on any atom is -0.384 e. The van der Waals surface area contributed by atoms with Crippen LogP contribution in [-0.4, -0.2) is 44.1 Å². The highest BCUT2D eigenvalue weighted by atomic mass is 35.5. The van der Waals surface area contributed by atoms with Gasteiger partial charge in [0.15, 0.2) is 0 Å². The van der Waals surface area contributed by atoms with Crippen LogP contribution in [0.4, 0.5) is 0 Å². The lowest BCUT2D eigenvalue weighted by atomic mass is 10.1. The molecule has 1 aliphatic rings. The van der Waals surface area contributed by atoms with Gasteiger partial charge in [0.25, 0.3) is 0 Å². The van der Waals surface area contributed by atoms with E-state index in [1.54, 1.807) is 18.9 Å². The van der Waals surface area contributed by atoms with Crippen LogP contribution in [0.5, 0.6) is 0 Å². The van der Waals surface area contributed by atoms with Gasteiger partial charge in [0.2, 0.25) is 5.91 Å². The van der Waals surface area contributed by atoms with Gasteiger partial charge in [0.1, 0.15) is 6.10 Å². The molecule has 136 valence electrons. The number of hydrogen-bond acceptors (Lipinski definition) is 5. The van der Waals surface area contributed by atoms with E-state index in [0.717, 1.165) is 30.8 Å². The maximum Gasteiger partial charge on any atom is 0.249 e. The Morgan fingerprint density at radius 2 is 2.12 bits per heavy atom. The molecular formula is C17H27ClN2O3S. The fourth-order valence-electron chi connectivity index (χ4n) is 2.56. The molecule has 0 radical (unpaired) electrons. The molecule has 1 fully saturated rings. The van der Waals surface area contributed by atoms with Gasteiger partial charge < -0.3 is 20.5 Å². The smallest absolute Gasteiger partial charge is 0.249 e. The number of nitrogens with one attached hydrogen (secondary N) is 1. The molecular weight excluding hydrogens is 348 g/mol. The normalized spacial score (nSPS) is 21.1. The quantitative estimate of drug-likeness (QED) is 0.540. The van der Waals surface area contributed by atoms with Crippen molar-refractivity contribution in [2.45, 2.75) is 42.9 Å². The lowest BCUT2D eigenvalue weighted by molar-refractivity contribution is -0.132. The van der Waals surface area contributed by atoms with Crippen molar-refractivity contribution < 1.29 is 14.3 Å². The van der Waals surface area contributed by atoms with Crippen LogP contribution in [0.3, 0.4) is 0 Å². The molecule has 0 aromatic heterocycles. The van der Waals surface area contributed by atoms with Crippen LogP contribution in [0, 0.1) is 0 Å². The third-order valence-electron chi connectivity index (χ3n) is 3.96. The first-order valence-electron chi connectivity index (χ1n) is 8.01. The maximum absolute atomic E-state index is 12.2. The molecule has 1 aromatic rings. The molecule has 3 N–H and O–H groups in total. The minimum atomic E-state index is -0.366. The molecule has 2 rings (SSSR count). The Morgan fingerprint density at radius 3 is 2.71 bits per heavy atom. The van der Waals surface area contributed by atoms with E-state index in [2.05, 4.69) is 29.6 Å². The number of nitrogens with two attached hydrogens (primary N) is 1. The zero-order chi connectivity index (χ0) is 16.7. The van der Waals surface area contributed by atoms with Gasteiger partial charge in [-0.05, 0) is 37.5 Å². The molecule has 24 heavy (non-hydrogen) atoms. The number of halogens is 1. The molecule has 5 nitrogen and oxygen atoms in total. The number of carbonyl (C=O) groups excluding carboxylic acids is 1. The highest BCUT2D eigenvalue weighted by molar-refractivity contribution is 7.99. The fourth-order valence-corrected chi connectivity index (χ4v) is 3.37. The van der Waals surface area contributed by atoms with Gasteiger partial charge in [-0.15, -0.1) is 24.2 Å². The van der Waals surface area contributed by atoms with E-state index in [-0.39, 0.29) is 36.6 Å². The molecule has 0 bridgehead atoms. The SMILES string of the molecule is COCCSc1ccc(C(C)NC(=O)[C@@H]2CC[C@H](CN)O2)cc1.Cl. The monoisotopic (exact) mass is 374 g/mol. The summed E-state index contributed by atoms with van der Waals surface area (Å²) in [6.07, 6.45) is 1.26. The first-order chi connectivity index (χ1) is 11.1. The Labute approximate surface area is 154 Å². The summed E-state index contributed by atoms with van der Waals surface area (Å²) >= 11 is 1.76. The maximum atomic E-state index is 12.2. The number of benzene rings is 1. The van der Waals surface area contributed by atoms with Crippen LogP contribution < -0.4 is 11.1 Å². The molecule has 0 aliphatic carbocycles. The highest BCUT2D eigenvalue weighted by Gasteiger charge is 2.30. The van der Waals surface area contributed by atoms with Gasteiger partial charge in [-0.3, -0.25) is 4.79 Å². The van der Waals surface area contributed by atoms with Gasteiger partial charge >= 0.3 is 0 Å². The fraction of sp³-hybridized carbons (Fsp3) is 0.588. The summed E-state index contributed by atoms with van der Waals surface area (Å²) in [5.74, 6) is 0.885. The lowest BCUT2D eigenvalue weighted by Gasteiger charge is -2.18. The van der Waals surface area contributed by atoms with E-state index in [1.165, 1.54) is 4.90 Å². The van der Waals surface area contributed by atoms with Crippen molar-refractivity contribution in [3.05, 3.63) is 29.8 Å². The molecule has 1 saturated heterocycles. The van der Waals surface area contributed by atoms with Crippen LogP contribution in [0.25, 0.3) is 0 Å². The Kier molecular flexibility index (Phi) is 9.69. The molecule has 3 atom stereocenters. The predicted molar refractivity (Wildman–Crippen MR) is 99.8 cm³/mol. The molecule has 1 aromatic carbocycles. The summed E-state index contributed by atoms with van der Waals surface area (Å²) in [6, 6.07) is 8.22. The first-order valence-corrected chi connectivity index (χ1v) is 9.00. The van der Waals surface area contributed by atoms with Crippen molar-refractivity contribution in [1.82, 2.24) is 5.32 Å². The average Bonchev–Trinajstić information content (AvgIpc) is 3.05. The zero-order valence-electron chi connectivity index (χ0n) is 14.2. The average molecular weight is 375 g/mol. The summed E-state index contributed by atoms with van der Waals surface area (Å²) in [6.45, 7) is 3.20. The number of thioether (sulfide) groups is 1. The molecule has 1 unspecified atom stereocenters. The number of hydrogen-bond donors (Lipinski definition) is 2. The molecule has 0 saturated carbocycles. The molecule has 0 spiro atoms. The second-order valence-corrected chi connectivity index (χ2v) is 6.87. The van der Waals surface area contributed by atoms with Crippen LogP contribution in [0.15, 0.2) is 29.2 Å². The second-order valence-electron chi connectivity index (χ2n) is 5.70. The van der Waals surface area contributed by atoms with Crippen LogP contribution >= 0.6 is 24.2 Å². The van der Waals surface area contributed by atoms with Gasteiger partial charge in [-0.2, -0.15) is 0 Å². The first kappa shape index (κ1) is 21.3. The number of rotatable bonds is 8. The molecule has 7 heteroatoms. The summed E-state index contributed by atoms with van der Waals surface area (Å²) < 4.78 is 10.7. The van der Waals surface area contributed by atoms with Gasteiger partial charge in [0.05, 0.1) is 18.8 Å². The largest absolute Gasteiger partial charge is 0.384 e. The van der Waals surface area contributed by atoms with Crippen molar-refractivity contribution in [2.24, 2.45) is 5.73 Å². The third kappa shape index (κ3) is 6.26. The number of carbonyl (C=O) groups is 1. The minimum absolute atomic E-state index is 0. The molecule has 1 heterocycles. The number of methoxy groups -OCH3 is 1. The summed E-state index contributed by atoms with van der Waals surface area (Å²) in [7, 11) is 1.71. The Bertz CT molecular complexity index is 501. The van der Waals surface area contributed by atoms with E-state index in [0.29, 0.717) is 6.54 Å². The molecule has 1 amide bonds. The van der Waals surface area contributed by atoms with Crippen LogP contribution in [0.1, 0.15) is 31.4 Å². The zero-order valence-corrected chi connectivity index (χ0v) is 15.8. The van der Waals surface area contributed by atoms with Crippen LogP contribution in [-0.2, 0) is 14.3 Å². The van der Waals surface area contributed by atoms with Crippen molar-refractivity contribution >= 4 is 30.1 Å². The van der Waals surface area contributed by atoms with E-state index in [4.69, 9.17) is 15.2 Å². The van der Waals surface area contributed by atoms with E-state index in [1.807, 2.05) is 6.92 Å². The highest BCUT2D eigenvalue weighted by Crippen LogP contribution is 2.23. The van der Waals surface area contributed by atoms with E-state index < -0.39 is 0 Å². The Hall–Kier alpha value is -0.790. The predicted octanol–water partition coefficient (Wildman–Crippen LogP) is 2.53. The molecule has 1 aliphatic heterocycles. The van der Waals surface area contributed by atoms with Crippen molar-refractivity contribution in [3.63, 3.8) is 0 Å². The van der Waals surface area contributed by atoms with Gasteiger partial charge in [0, 0.05) is 24.3 Å². The van der Waals surface area contributed by atoms with Crippen molar-refractivity contribution in [3.8, 4) is 0 Å². The van der Waals surface area contributed by atoms with Crippen molar-refractivity contribution in [1.29, 1.82) is 0 Å². The van der Waals surface area contributed by atoms with Crippen LogP contribution in [0.2, 0.25) is 0 Å². The van der Waals surface area contributed by atoms with E-state index in [9.17, 15) is 4.79 Å². The lowest BCUT2D eigenvalue weighted by Crippen LogP contribution is -2.36. The Morgan fingerprint density at radius 1 is 1.42 bits per heavy atom.